The smallest absolute Gasteiger partial charge is 0.314 e. The van der Waals surface area contributed by atoms with Gasteiger partial charge in [0.05, 0.1) is 0 Å². The van der Waals surface area contributed by atoms with Gasteiger partial charge in [0.1, 0.15) is 13.0 Å². The number of Topliss-reactive ketones (excluding diaryl/α,β-unsaturated/α-hetero) is 1. The van der Waals surface area contributed by atoms with Gasteiger partial charge < -0.3 is 4.74 Å². The Kier molecular flexibility index (Phi) is 4.66. The summed E-state index contributed by atoms with van der Waals surface area (Å²) in [5.41, 5.74) is 2.54. The normalized spacial score (nSPS) is 10.1. The van der Waals surface area contributed by atoms with E-state index in [0.29, 0.717) is 5.56 Å². The van der Waals surface area contributed by atoms with Crippen LogP contribution >= 0.6 is 0 Å². The maximum atomic E-state index is 11.8. The zero-order valence-corrected chi connectivity index (χ0v) is 11.3. The molecule has 0 heterocycles. The van der Waals surface area contributed by atoms with Gasteiger partial charge in [-0.3, -0.25) is 9.59 Å². The highest BCUT2D eigenvalue weighted by Crippen LogP contribution is 2.10. The predicted octanol–water partition coefficient (Wildman–Crippen LogP) is 3.31. The maximum Gasteiger partial charge on any atom is 0.314 e. The van der Waals surface area contributed by atoms with Gasteiger partial charge in [0, 0.05) is 5.56 Å². The van der Waals surface area contributed by atoms with Crippen LogP contribution in [0.25, 0.3) is 0 Å². The first kappa shape index (κ1) is 14.0. The zero-order valence-electron chi connectivity index (χ0n) is 11.3. The van der Waals surface area contributed by atoms with E-state index >= 15 is 0 Å². The molecule has 0 saturated heterocycles. The fourth-order valence-electron chi connectivity index (χ4n) is 1.84. The van der Waals surface area contributed by atoms with Gasteiger partial charge in [0.2, 0.25) is 0 Å². The Hall–Kier alpha value is -2.42. The molecule has 0 bridgehead atoms. The van der Waals surface area contributed by atoms with Crippen molar-refractivity contribution in [1.29, 1.82) is 0 Å². The molecule has 0 radical (unpaired) electrons. The molecule has 0 aliphatic rings. The lowest BCUT2D eigenvalue weighted by Crippen LogP contribution is -2.11. The Labute approximate surface area is 118 Å². The number of ketones is 1. The monoisotopic (exact) mass is 268 g/mol. The zero-order chi connectivity index (χ0) is 14.4. The molecule has 0 aliphatic heterocycles. The third kappa shape index (κ3) is 3.79. The summed E-state index contributed by atoms with van der Waals surface area (Å²) in [6, 6.07) is 16.4. The first-order valence-electron chi connectivity index (χ1n) is 6.45. The molecule has 2 aromatic carbocycles. The van der Waals surface area contributed by atoms with E-state index in [1.165, 1.54) is 0 Å². The molecular formula is C17H16O3. The minimum atomic E-state index is -0.498. The maximum absolute atomic E-state index is 11.8. The summed E-state index contributed by atoms with van der Waals surface area (Å²) in [7, 11) is 0. The molecule has 0 unspecified atom stereocenters. The van der Waals surface area contributed by atoms with E-state index in [-0.39, 0.29) is 18.8 Å². The van der Waals surface area contributed by atoms with Crippen LogP contribution in [0.2, 0.25) is 0 Å². The fraction of sp³-hybridized carbons (Fsp3) is 0.176. The van der Waals surface area contributed by atoms with Crippen molar-refractivity contribution >= 4 is 11.8 Å². The van der Waals surface area contributed by atoms with Crippen LogP contribution in [0.5, 0.6) is 0 Å². The second kappa shape index (κ2) is 6.66. The summed E-state index contributed by atoms with van der Waals surface area (Å²) in [6.45, 7) is 2.16. The molecule has 102 valence electrons. The molecule has 0 aromatic heterocycles. The average molecular weight is 268 g/mol. The van der Waals surface area contributed by atoms with Crippen LogP contribution in [-0.2, 0) is 16.1 Å². The highest BCUT2D eigenvalue weighted by atomic mass is 16.5. The summed E-state index contributed by atoms with van der Waals surface area (Å²) < 4.78 is 5.14. The van der Waals surface area contributed by atoms with E-state index in [9.17, 15) is 9.59 Å². The number of esters is 1. The van der Waals surface area contributed by atoms with E-state index in [4.69, 9.17) is 4.74 Å². The molecule has 0 saturated carbocycles. The first-order chi connectivity index (χ1) is 9.66. The first-order valence-corrected chi connectivity index (χ1v) is 6.45. The largest absolute Gasteiger partial charge is 0.460 e. The van der Waals surface area contributed by atoms with Crippen molar-refractivity contribution in [2.45, 2.75) is 20.0 Å². The van der Waals surface area contributed by atoms with E-state index < -0.39 is 5.97 Å². The number of hydrogen-bond donors (Lipinski definition) is 0. The highest BCUT2D eigenvalue weighted by molar-refractivity contribution is 6.05. The Morgan fingerprint density at radius 1 is 0.950 bits per heavy atom. The Balaban J connectivity index is 1.87. The standard InChI is InChI=1S/C17H16O3/c1-13-7-5-6-10-15(13)12-20-17(19)11-16(18)14-8-3-2-4-9-14/h2-10H,11-12H2,1H3. The number of hydrogen-bond acceptors (Lipinski definition) is 3. The summed E-state index contributed by atoms with van der Waals surface area (Å²) in [6.07, 6.45) is -0.226. The summed E-state index contributed by atoms with van der Waals surface area (Å²) in [5, 5.41) is 0. The van der Waals surface area contributed by atoms with Crippen LogP contribution in [0.15, 0.2) is 54.6 Å². The van der Waals surface area contributed by atoms with Crippen molar-refractivity contribution in [3.05, 3.63) is 71.3 Å². The molecule has 3 nitrogen and oxygen atoms in total. The summed E-state index contributed by atoms with van der Waals surface area (Å²) >= 11 is 0. The Morgan fingerprint density at radius 2 is 1.60 bits per heavy atom. The fourth-order valence-corrected chi connectivity index (χ4v) is 1.84. The summed E-state index contributed by atoms with van der Waals surface area (Å²) in [4.78, 5) is 23.5. The third-order valence-corrected chi connectivity index (χ3v) is 3.05. The minimum Gasteiger partial charge on any atom is -0.460 e. The van der Waals surface area contributed by atoms with Crippen LogP contribution in [0.3, 0.4) is 0 Å². The number of carbonyl (C=O) groups excluding carboxylic acids is 2. The molecule has 2 aromatic rings. The van der Waals surface area contributed by atoms with Gasteiger partial charge in [-0.1, -0.05) is 54.6 Å². The van der Waals surface area contributed by atoms with Gasteiger partial charge in [-0.25, -0.2) is 0 Å². The highest BCUT2D eigenvalue weighted by Gasteiger charge is 2.12. The van der Waals surface area contributed by atoms with Crippen molar-refractivity contribution in [2.75, 3.05) is 0 Å². The van der Waals surface area contributed by atoms with Gasteiger partial charge in [0.15, 0.2) is 5.78 Å². The van der Waals surface area contributed by atoms with Crippen LogP contribution in [-0.4, -0.2) is 11.8 Å². The molecule has 0 atom stereocenters. The number of benzene rings is 2. The number of rotatable bonds is 5. The lowest BCUT2D eigenvalue weighted by molar-refractivity contribution is -0.143. The Morgan fingerprint density at radius 3 is 2.30 bits per heavy atom. The minimum absolute atomic E-state index is 0.202. The topological polar surface area (TPSA) is 43.4 Å². The van der Waals surface area contributed by atoms with Gasteiger partial charge in [0.25, 0.3) is 0 Å². The number of carbonyl (C=O) groups is 2. The van der Waals surface area contributed by atoms with Crippen LogP contribution in [0.4, 0.5) is 0 Å². The summed E-state index contributed by atoms with van der Waals surface area (Å²) in [5.74, 6) is -0.720. The molecule has 3 heteroatoms. The van der Waals surface area contributed by atoms with Gasteiger partial charge >= 0.3 is 5.97 Å². The van der Waals surface area contributed by atoms with E-state index in [2.05, 4.69) is 0 Å². The lowest BCUT2D eigenvalue weighted by Gasteiger charge is -2.07. The van der Waals surface area contributed by atoms with Crippen molar-refractivity contribution < 1.29 is 14.3 Å². The second-order valence-electron chi connectivity index (χ2n) is 4.55. The third-order valence-electron chi connectivity index (χ3n) is 3.05. The van der Waals surface area contributed by atoms with Gasteiger partial charge in [-0.05, 0) is 18.1 Å². The van der Waals surface area contributed by atoms with Crippen molar-refractivity contribution in [3.8, 4) is 0 Å². The second-order valence-corrected chi connectivity index (χ2v) is 4.55. The van der Waals surface area contributed by atoms with Crippen molar-refractivity contribution in [1.82, 2.24) is 0 Å². The van der Waals surface area contributed by atoms with Gasteiger partial charge in [-0.15, -0.1) is 0 Å². The molecular weight excluding hydrogens is 252 g/mol. The molecule has 20 heavy (non-hydrogen) atoms. The lowest BCUT2D eigenvalue weighted by atomic mass is 10.1. The van der Waals surface area contributed by atoms with E-state index in [1.807, 2.05) is 37.3 Å². The predicted molar refractivity (Wildman–Crippen MR) is 76.4 cm³/mol. The van der Waals surface area contributed by atoms with Crippen LogP contribution in [0.1, 0.15) is 27.9 Å². The number of aryl methyl sites for hydroxylation is 1. The number of ether oxygens (including phenoxy) is 1. The quantitative estimate of drug-likeness (QED) is 0.474. The van der Waals surface area contributed by atoms with Crippen LogP contribution < -0.4 is 0 Å². The van der Waals surface area contributed by atoms with Crippen LogP contribution in [0, 0.1) is 6.92 Å². The van der Waals surface area contributed by atoms with Crippen molar-refractivity contribution in [2.24, 2.45) is 0 Å². The van der Waals surface area contributed by atoms with Crippen molar-refractivity contribution in [3.63, 3.8) is 0 Å². The molecule has 0 fully saturated rings. The van der Waals surface area contributed by atoms with E-state index in [0.717, 1.165) is 11.1 Å². The van der Waals surface area contributed by atoms with E-state index in [1.54, 1.807) is 24.3 Å². The SMILES string of the molecule is Cc1ccccc1COC(=O)CC(=O)c1ccccc1. The molecule has 0 N–H and O–H groups in total. The molecule has 0 aliphatic carbocycles. The molecule has 2 rings (SSSR count). The molecule has 0 spiro atoms. The van der Waals surface area contributed by atoms with Gasteiger partial charge in [-0.2, -0.15) is 0 Å². The average Bonchev–Trinajstić information content (AvgIpc) is 2.47. The molecule has 0 amide bonds. The Bertz CT molecular complexity index is 603.